The molecule has 0 aromatic rings. The predicted molar refractivity (Wildman–Crippen MR) is 101 cm³/mol. The highest BCUT2D eigenvalue weighted by Crippen LogP contribution is 2.28. The quantitative estimate of drug-likeness (QED) is 0.323. The van der Waals surface area contributed by atoms with Crippen molar-refractivity contribution >= 4 is 0 Å². The number of unbranched alkanes of at least 4 members (excludes halogenated alkanes) is 11. The standard InChI is InChI=1S/C21H40O3/c1-4-5-6-7-8-9-10-11-12-13-14-15-16-17-19-20(18-22)24-21(2,3)23-19/h16-17,19-20,22H,4-15,18H2,1-3H3/b17-16-/t19-,20+/m1/s1. The molecule has 0 aliphatic carbocycles. The summed E-state index contributed by atoms with van der Waals surface area (Å²) in [6.07, 6.45) is 20.1. The molecule has 1 fully saturated rings. The van der Waals surface area contributed by atoms with E-state index in [1.165, 1.54) is 70.6 Å². The van der Waals surface area contributed by atoms with Gasteiger partial charge in [-0.3, -0.25) is 0 Å². The van der Waals surface area contributed by atoms with E-state index in [-0.39, 0.29) is 18.8 Å². The Hall–Kier alpha value is -0.380. The molecule has 3 nitrogen and oxygen atoms in total. The van der Waals surface area contributed by atoms with Crippen molar-refractivity contribution in [1.82, 2.24) is 0 Å². The largest absolute Gasteiger partial charge is 0.394 e. The molecule has 1 aliphatic heterocycles. The Balaban J connectivity index is 1.93. The van der Waals surface area contributed by atoms with Crippen molar-refractivity contribution in [2.45, 2.75) is 116 Å². The first-order valence-electron chi connectivity index (χ1n) is 10.2. The van der Waals surface area contributed by atoms with Crippen molar-refractivity contribution in [1.29, 1.82) is 0 Å². The van der Waals surface area contributed by atoms with E-state index in [0.717, 1.165) is 6.42 Å². The van der Waals surface area contributed by atoms with Gasteiger partial charge in [0.05, 0.1) is 6.61 Å². The first-order valence-corrected chi connectivity index (χ1v) is 10.2. The Labute approximate surface area is 149 Å². The molecule has 0 radical (unpaired) electrons. The number of aliphatic hydroxyl groups is 1. The SMILES string of the molecule is CCCCCCCCCCCCC/C=C\[C@H]1OC(C)(C)O[C@H]1CO. The molecule has 0 aromatic heterocycles. The lowest BCUT2D eigenvalue weighted by Gasteiger charge is -2.15. The van der Waals surface area contributed by atoms with Gasteiger partial charge in [-0.2, -0.15) is 0 Å². The van der Waals surface area contributed by atoms with Gasteiger partial charge in [-0.1, -0.05) is 83.3 Å². The molecule has 2 atom stereocenters. The van der Waals surface area contributed by atoms with E-state index in [1.54, 1.807) is 0 Å². The van der Waals surface area contributed by atoms with E-state index < -0.39 is 5.79 Å². The number of rotatable bonds is 14. The fraction of sp³-hybridized carbons (Fsp3) is 0.905. The van der Waals surface area contributed by atoms with E-state index >= 15 is 0 Å². The summed E-state index contributed by atoms with van der Waals surface area (Å²) in [6.45, 7) is 6.08. The maximum Gasteiger partial charge on any atom is 0.164 e. The third-order valence-electron chi connectivity index (χ3n) is 4.70. The van der Waals surface area contributed by atoms with Gasteiger partial charge in [0.25, 0.3) is 0 Å². The number of allylic oxidation sites excluding steroid dienone is 1. The zero-order valence-corrected chi connectivity index (χ0v) is 16.3. The topological polar surface area (TPSA) is 38.7 Å². The molecule has 0 aromatic carbocycles. The van der Waals surface area contributed by atoms with Crippen molar-refractivity contribution in [3.63, 3.8) is 0 Å². The highest BCUT2D eigenvalue weighted by molar-refractivity contribution is 4.97. The molecule has 1 rings (SSSR count). The number of hydrogen-bond donors (Lipinski definition) is 1. The summed E-state index contributed by atoms with van der Waals surface area (Å²) in [4.78, 5) is 0. The molecule has 24 heavy (non-hydrogen) atoms. The Morgan fingerprint density at radius 1 is 0.833 bits per heavy atom. The van der Waals surface area contributed by atoms with Gasteiger partial charge < -0.3 is 14.6 Å². The van der Waals surface area contributed by atoms with Crippen LogP contribution in [0, 0.1) is 0 Å². The van der Waals surface area contributed by atoms with Crippen molar-refractivity contribution in [3.05, 3.63) is 12.2 Å². The number of hydrogen-bond acceptors (Lipinski definition) is 3. The Kier molecular flexibility index (Phi) is 11.7. The lowest BCUT2D eigenvalue weighted by Crippen LogP contribution is -2.24. The van der Waals surface area contributed by atoms with Crippen LogP contribution in [0.2, 0.25) is 0 Å². The summed E-state index contributed by atoms with van der Waals surface area (Å²) in [5.41, 5.74) is 0. The smallest absolute Gasteiger partial charge is 0.164 e. The van der Waals surface area contributed by atoms with E-state index in [1.807, 2.05) is 13.8 Å². The monoisotopic (exact) mass is 340 g/mol. The summed E-state index contributed by atoms with van der Waals surface area (Å²) < 4.78 is 11.4. The van der Waals surface area contributed by atoms with Gasteiger partial charge in [0.1, 0.15) is 12.2 Å². The van der Waals surface area contributed by atoms with Gasteiger partial charge >= 0.3 is 0 Å². The van der Waals surface area contributed by atoms with Gasteiger partial charge in [0.15, 0.2) is 5.79 Å². The van der Waals surface area contributed by atoms with Crippen LogP contribution in [0.15, 0.2) is 12.2 Å². The molecule has 0 unspecified atom stereocenters. The second-order valence-electron chi connectivity index (χ2n) is 7.57. The summed E-state index contributed by atoms with van der Waals surface area (Å²) >= 11 is 0. The van der Waals surface area contributed by atoms with Crippen LogP contribution in [0.1, 0.15) is 97.8 Å². The van der Waals surface area contributed by atoms with Crippen LogP contribution in [0.5, 0.6) is 0 Å². The highest BCUT2D eigenvalue weighted by Gasteiger charge is 2.39. The Morgan fingerprint density at radius 2 is 1.38 bits per heavy atom. The molecular formula is C21H40O3. The lowest BCUT2D eigenvalue weighted by atomic mass is 10.1. The Bertz CT molecular complexity index is 325. The molecule has 0 bridgehead atoms. The van der Waals surface area contributed by atoms with Crippen LogP contribution >= 0.6 is 0 Å². The number of ether oxygens (including phenoxy) is 2. The van der Waals surface area contributed by atoms with Gasteiger partial charge in [-0.05, 0) is 26.7 Å². The molecule has 3 heteroatoms. The molecule has 142 valence electrons. The fourth-order valence-electron chi connectivity index (χ4n) is 3.32. The third kappa shape index (κ3) is 9.80. The minimum atomic E-state index is -0.584. The van der Waals surface area contributed by atoms with Gasteiger partial charge in [0.2, 0.25) is 0 Å². The average Bonchev–Trinajstić information content (AvgIpc) is 2.86. The maximum absolute atomic E-state index is 9.33. The van der Waals surface area contributed by atoms with E-state index in [2.05, 4.69) is 19.1 Å². The molecule has 0 spiro atoms. The predicted octanol–water partition coefficient (Wildman–Crippen LogP) is 5.76. The third-order valence-corrected chi connectivity index (χ3v) is 4.70. The van der Waals surface area contributed by atoms with Crippen molar-refractivity contribution in [2.75, 3.05) is 6.61 Å². The molecule has 0 amide bonds. The van der Waals surface area contributed by atoms with E-state index in [0.29, 0.717) is 0 Å². The van der Waals surface area contributed by atoms with Crippen LogP contribution in [-0.4, -0.2) is 29.7 Å². The number of aliphatic hydroxyl groups excluding tert-OH is 1. The van der Waals surface area contributed by atoms with Crippen molar-refractivity contribution in [3.8, 4) is 0 Å². The second-order valence-corrected chi connectivity index (χ2v) is 7.57. The van der Waals surface area contributed by atoms with Gasteiger partial charge in [-0.15, -0.1) is 0 Å². The normalized spacial score (nSPS) is 23.3. The minimum Gasteiger partial charge on any atom is -0.394 e. The lowest BCUT2D eigenvalue weighted by molar-refractivity contribution is -0.146. The van der Waals surface area contributed by atoms with E-state index in [9.17, 15) is 5.11 Å². The molecule has 0 saturated carbocycles. The molecular weight excluding hydrogens is 300 g/mol. The summed E-state index contributed by atoms with van der Waals surface area (Å²) in [5.74, 6) is -0.584. The minimum absolute atomic E-state index is 0.0108. The highest BCUT2D eigenvalue weighted by atomic mass is 16.8. The van der Waals surface area contributed by atoms with Crippen LogP contribution in [0.25, 0.3) is 0 Å². The zero-order chi connectivity index (χ0) is 17.7. The summed E-state index contributed by atoms with van der Waals surface area (Å²) in [5, 5.41) is 9.33. The van der Waals surface area contributed by atoms with Crippen LogP contribution in [0.4, 0.5) is 0 Å². The van der Waals surface area contributed by atoms with Crippen molar-refractivity contribution in [2.24, 2.45) is 0 Å². The van der Waals surface area contributed by atoms with Crippen LogP contribution in [0.3, 0.4) is 0 Å². The second kappa shape index (κ2) is 12.9. The summed E-state index contributed by atoms with van der Waals surface area (Å²) in [7, 11) is 0. The van der Waals surface area contributed by atoms with Crippen LogP contribution < -0.4 is 0 Å². The molecule has 1 heterocycles. The first-order chi connectivity index (χ1) is 11.6. The maximum atomic E-state index is 9.33. The van der Waals surface area contributed by atoms with Gasteiger partial charge in [-0.25, -0.2) is 0 Å². The molecule has 1 N–H and O–H groups in total. The van der Waals surface area contributed by atoms with E-state index in [4.69, 9.17) is 9.47 Å². The first kappa shape index (κ1) is 21.7. The molecule has 1 saturated heterocycles. The average molecular weight is 341 g/mol. The fourth-order valence-corrected chi connectivity index (χ4v) is 3.32. The molecule has 1 aliphatic rings. The summed E-state index contributed by atoms with van der Waals surface area (Å²) in [6, 6.07) is 0. The zero-order valence-electron chi connectivity index (χ0n) is 16.3. The van der Waals surface area contributed by atoms with Gasteiger partial charge in [0, 0.05) is 0 Å². The Morgan fingerprint density at radius 3 is 1.92 bits per heavy atom. The van der Waals surface area contributed by atoms with Crippen LogP contribution in [-0.2, 0) is 9.47 Å². The van der Waals surface area contributed by atoms with Crippen molar-refractivity contribution < 1.29 is 14.6 Å².